The number of aromatic nitrogens is 2. The number of hydrogen-bond donors (Lipinski definition) is 1. The summed E-state index contributed by atoms with van der Waals surface area (Å²) in [4.78, 5) is 16.5. The van der Waals surface area contributed by atoms with Crippen molar-refractivity contribution in [1.82, 2.24) is 24.9 Å². The van der Waals surface area contributed by atoms with Gasteiger partial charge in [0.05, 0.1) is 23.5 Å². The lowest BCUT2D eigenvalue weighted by molar-refractivity contribution is -0.135. The van der Waals surface area contributed by atoms with Crippen LogP contribution in [0.2, 0.25) is 5.02 Å². The number of amides is 1. The molecule has 1 unspecified atom stereocenters. The van der Waals surface area contributed by atoms with Gasteiger partial charge in [-0.25, -0.2) is 0 Å². The van der Waals surface area contributed by atoms with Gasteiger partial charge in [-0.3, -0.25) is 14.4 Å². The lowest BCUT2D eigenvalue weighted by Crippen LogP contribution is -2.56. The van der Waals surface area contributed by atoms with Crippen LogP contribution in [0.4, 0.5) is 0 Å². The predicted octanol–water partition coefficient (Wildman–Crippen LogP) is 0.891. The number of halogens is 2. The Morgan fingerprint density at radius 3 is 2.95 bits per heavy atom. The molecule has 0 spiro atoms. The molecule has 8 heteroatoms. The molecule has 2 aliphatic heterocycles. The van der Waals surface area contributed by atoms with Gasteiger partial charge in [0, 0.05) is 39.3 Å². The molecule has 0 aromatic carbocycles. The minimum Gasteiger partial charge on any atom is -0.336 e. The summed E-state index contributed by atoms with van der Waals surface area (Å²) in [5.41, 5.74) is 1.05. The van der Waals surface area contributed by atoms with Gasteiger partial charge in [0.2, 0.25) is 5.91 Å². The molecule has 0 bridgehead atoms. The van der Waals surface area contributed by atoms with E-state index in [0.29, 0.717) is 12.6 Å². The number of carbonyl (C=O) groups is 1. The van der Waals surface area contributed by atoms with E-state index >= 15 is 0 Å². The topological polar surface area (TPSA) is 53.4 Å². The zero-order chi connectivity index (χ0) is 14.8. The third-order valence-corrected chi connectivity index (χ3v) is 4.75. The van der Waals surface area contributed by atoms with E-state index in [1.165, 1.54) is 0 Å². The number of nitrogens with one attached hydrogen (secondary N) is 1. The van der Waals surface area contributed by atoms with Gasteiger partial charge in [-0.1, -0.05) is 11.6 Å². The van der Waals surface area contributed by atoms with Crippen molar-refractivity contribution in [2.75, 3.05) is 32.7 Å². The number of hydrogen-bond acceptors (Lipinski definition) is 4. The van der Waals surface area contributed by atoms with Gasteiger partial charge in [0.25, 0.3) is 0 Å². The molecule has 2 saturated heterocycles. The second-order valence-electron chi connectivity index (χ2n) is 5.86. The SMILES string of the molecule is Cl.Cn1ncc(Cl)c1CN1CCCC(N2CCNCC2=O)C1. The summed E-state index contributed by atoms with van der Waals surface area (Å²) in [7, 11) is 1.92. The van der Waals surface area contributed by atoms with Crippen molar-refractivity contribution in [2.45, 2.75) is 25.4 Å². The van der Waals surface area contributed by atoms with Crippen molar-refractivity contribution in [1.29, 1.82) is 0 Å². The van der Waals surface area contributed by atoms with Crippen molar-refractivity contribution in [3.63, 3.8) is 0 Å². The van der Waals surface area contributed by atoms with Crippen molar-refractivity contribution >= 4 is 29.9 Å². The Hall–Kier alpha value is -0.820. The van der Waals surface area contributed by atoms with Crippen molar-refractivity contribution in [3.8, 4) is 0 Å². The monoisotopic (exact) mass is 347 g/mol. The molecule has 1 aromatic rings. The number of carbonyl (C=O) groups excluding carboxylic acids is 1. The maximum atomic E-state index is 12.0. The maximum Gasteiger partial charge on any atom is 0.236 e. The van der Waals surface area contributed by atoms with Crippen LogP contribution in [-0.4, -0.2) is 64.3 Å². The Morgan fingerprint density at radius 2 is 2.27 bits per heavy atom. The molecule has 2 aliphatic rings. The second kappa shape index (κ2) is 7.64. The average Bonchev–Trinajstić information content (AvgIpc) is 2.80. The van der Waals surface area contributed by atoms with Crippen LogP contribution in [0.3, 0.4) is 0 Å². The number of likely N-dealkylation sites (tertiary alicyclic amines) is 1. The standard InChI is InChI=1S/C14H22ClN5O.ClH/c1-18-13(12(15)7-17-18)10-19-5-2-3-11(9-19)20-6-4-16-8-14(20)21;/h7,11,16H,2-6,8-10H2,1H3;1H. The van der Waals surface area contributed by atoms with Crippen LogP contribution < -0.4 is 5.32 Å². The summed E-state index contributed by atoms with van der Waals surface area (Å²) in [6.07, 6.45) is 3.91. The minimum atomic E-state index is 0. The Morgan fingerprint density at radius 1 is 1.45 bits per heavy atom. The van der Waals surface area contributed by atoms with Crippen LogP contribution in [-0.2, 0) is 18.4 Å². The maximum absolute atomic E-state index is 12.0. The van der Waals surface area contributed by atoms with Crippen molar-refractivity contribution < 1.29 is 4.79 Å². The van der Waals surface area contributed by atoms with E-state index < -0.39 is 0 Å². The smallest absolute Gasteiger partial charge is 0.236 e. The fraction of sp³-hybridized carbons (Fsp3) is 0.714. The zero-order valence-corrected chi connectivity index (χ0v) is 14.4. The quantitative estimate of drug-likeness (QED) is 0.882. The van der Waals surface area contributed by atoms with Gasteiger partial charge in [0.1, 0.15) is 0 Å². The molecular weight excluding hydrogens is 325 g/mol. The first-order valence-corrected chi connectivity index (χ1v) is 7.92. The molecule has 22 heavy (non-hydrogen) atoms. The molecule has 6 nitrogen and oxygen atoms in total. The van der Waals surface area contributed by atoms with Crippen molar-refractivity contribution in [3.05, 3.63) is 16.9 Å². The number of piperazine rings is 1. The highest BCUT2D eigenvalue weighted by atomic mass is 35.5. The third-order valence-electron chi connectivity index (χ3n) is 4.43. The van der Waals surface area contributed by atoms with E-state index in [2.05, 4.69) is 15.3 Å². The van der Waals surface area contributed by atoms with Crippen LogP contribution in [0.25, 0.3) is 0 Å². The van der Waals surface area contributed by atoms with Gasteiger partial charge >= 0.3 is 0 Å². The number of rotatable bonds is 3. The Bertz CT molecular complexity index is 502. The van der Waals surface area contributed by atoms with E-state index in [9.17, 15) is 4.79 Å². The number of piperidine rings is 1. The lowest BCUT2D eigenvalue weighted by atomic mass is 10.0. The number of nitrogens with zero attached hydrogens (tertiary/aromatic N) is 4. The first-order chi connectivity index (χ1) is 10.1. The minimum absolute atomic E-state index is 0. The second-order valence-corrected chi connectivity index (χ2v) is 6.27. The first-order valence-electron chi connectivity index (χ1n) is 7.54. The molecule has 1 aromatic heterocycles. The summed E-state index contributed by atoms with van der Waals surface area (Å²) >= 11 is 6.19. The van der Waals surface area contributed by atoms with Crippen LogP contribution in [0, 0.1) is 0 Å². The lowest BCUT2D eigenvalue weighted by Gasteiger charge is -2.41. The molecule has 1 atom stereocenters. The Balaban J connectivity index is 0.00000176. The van der Waals surface area contributed by atoms with Crippen LogP contribution in [0.1, 0.15) is 18.5 Å². The van der Waals surface area contributed by atoms with E-state index in [1.54, 1.807) is 6.20 Å². The molecular formula is C14H23Cl2N5O. The van der Waals surface area contributed by atoms with Gasteiger partial charge < -0.3 is 10.2 Å². The molecule has 0 aliphatic carbocycles. The van der Waals surface area contributed by atoms with E-state index in [4.69, 9.17) is 11.6 Å². The number of aryl methyl sites for hydroxylation is 1. The normalized spacial score (nSPS) is 23.5. The summed E-state index contributed by atoms with van der Waals surface area (Å²) < 4.78 is 1.84. The van der Waals surface area contributed by atoms with Crippen LogP contribution in [0.5, 0.6) is 0 Å². The highest BCUT2D eigenvalue weighted by molar-refractivity contribution is 6.31. The summed E-state index contributed by atoms with van der Waals surface area (Å²) in [5.74, 6) is 0.228. The van der Waals surface area contributed by atoms with Crippen molar-refractivity contribution in [2.24, 2.45) is 7.05 Å². The van der Waals surface area contributed by atoms with Gasteiger partial charge in [-0.05, 0) is 19.4 Å². The zero-order valence-electron chi connectivity index (χ0n) is 12.8. The summed E-state index contributed by atoms with van der Waals surface area (Å²) in [5, 5.41) is 8.04. The average molecular weight is 348 g/mol. The van der Waals surface area contributed by atoms with Gasteiger partial charge in [-0.15, -0.1) is 12.4 Å². The largest absolute Gasteiger partial charge is 0.336 e. The molecule has 0 radical (unpaired) electrons. The predicted molar refractivity (Wildman–Crippen MR) is 88.3 cm³/mol. The fourth-order valence-electron chi connectivity index (χ4n) is 3.26. The Labute approximate surface area is 142 Å². The summed E-state index contributed by atoms with van der Waals surface area (Å²) in [6.45, 7) is 4.97. The molecule has 0 saturated carbocycles. The highest BCUT2D eigenvalue weighted by Crippen LogP contribution is 2.21. The molecule has 3 heterocycles. The molecule has 2 fully saturated rings. The molecule has 1 amide bonds. The highest BCUT2D eigenvalue weighted by Gasteiger charge is 2.30. The third kappa shape index (κ3) is 3.74. The van der Waals surface area contributed by atoms with E-state index in [0.717, 1.165) is 56.3 Å². The van der Waals surface area contributed by atoms with Gasteiger partial charge in [-0.2, -0.15) is 5.10 Å². The van der Waals surface area contributed by atoms with E-state index in [-0.39, 0.29) is 18.3 Å². The Kier molecular flexibility index (Phi) is 6.09. The first kappa shape index (κ1) is 17.5. The van der Waals surface area contributed by atoms with Crippen LogP contribution in [0.15, 0.2) is 6.20 Å². The fourth-order valence-corrected chi connectivity index (χ4v) is 3.49. The molecule has 3 rings (SSSR count). The molecule has 124 valence electrons. The van der Waals surface area contributed by atoms with Crippen LogP contribution >= 0.6 is 24.0 Å². The summed E-state index contributed by atoms with van der Waals surface area (Å²) in [6, 6.07) is 0.334. The molecule has 1 N–H and O–H groups in total. The van der Waals surface area contributed by atoms with Gasteiger partial charge in [0.15, 0.2) is 0 Å². The van der Waals surface area contributed by atoms with E-state index in [1.807, 2.05) is 16.6 Å².